The average Bonchev–Trinajstić information content (AvgIpc) is 3.30. The van der Waals surface area contributed by atoms with Crippen LogP contribution in [0.4, 0.5) is 4.79 Å². The maximum atomic E-state index is 13.3. The number of amides is 2. The number of nitrogens with one attached hydrogen (secondary N) is 1. The number of benzene rings is 2. The second-order valence-electron chi connectivity index (χ2n) is 10.7. The van der Waals surface area contributed by atoms with Crippen molar-refractivity contribution in [2.24, 2.45) is 5.41 Å². The molecular formula is C29H33N5O5. The van der Waals surface area contributed by atoms with E-state index >= 15 is 0 Å². The fraction of sp³-hybridized carbons (Fsp3) is 0.414. The predicted octanol–water partition coefficient (Wildman–Crippen LogP) is 4.67. The topological polar surface area (TPSA) is 142 Å². The van der Waals surface area contributed by atoms with Crippen molar-refractivity contribution in [3.05, 3.63) is 53.1 Å². The molecule has 0 saturated heterocycles. The molecule has 0 fully saturated rings. The Balaban J connectivity index is 1.51. The zero-order valence-corrected chi connectivity index (χ0v) is 22.7. The van der Waals surface area contributed by atoms with Crippen molar-refractivity contribution in [1.82, 2.24) is 20.4 Å². The van der Waals surface area contributed by atoms with Crippen LogP contribution in [0.5, 0.6) is 5.75 Å². The largest absolute Gasteiger partial charge is 0.492 e. The molecule has 0 saturated carbocycles. The van der Waals surface area contributed by atoms with Gasteiger partial charge in [0.1, 0.15) is 17.9 Å². The number of hydrogen-bond donors (Lipinski definition) is 2. The van der Waals surface area contributed by atoms with E-state index in [4.69, 9.17) is 9.26 Å². The summed E-state index contributed by atoms with van der Waals surface area (Å²) in [5, 5.41) is 25.3. The van der Waals surface area contributed by atoms with Gasteiger partial charge in [-0.3, -0.25) is 4.79 Å². The van der Waals surface area contributed by atoms with Gasteiger partial charge in [-0.15, -0.1) is 0 Å². The van der Waals surface area contributed by atoms with Crippen molar-refractivity contribution in [3.8, 4) is 34.7 Å². The highest BCUT2D eigenvalue weighted by Gasteiger charge is 2.36. The van der Waals surface area contributed by atoms with Gasteiger partial charge in [0.05, 0.1) is 12.2 Å². The average molecular weight is 532 g/mol. The molecular weight excluding hydrogens is 498 g/mol. The Morgan fingerprint density at radius 2 is 1.87 bits per heavy atom. The van der Waals surface area contributed by atoms with E-state index in [1.54, 1.807) is 23.1 Å². The normalized spacial score (nSPS) is 14.1. The minimum absolute atomic E-state index is 0.219. The van der Waals surface area contributed by atoms with Gasteiger partial charge in [-0.05, 0) is 60.1 Å². The van der Waals surface area contributed by atoms with Crippen LogP contribution in [0.15, 0.2) is 40.9 Å². The third-order valence-electron chi connectivity index (χ3n) is 6.69. The molecule has 1 unspecified atom stereocenters. The van der Waals surface area contributed by atoms with Gasteiger partial charge >= 0.3 is 6.09 Å². The summed E-state index contributed by atoms with van der Waals surface area (Å²) >= 11 is 0. The van der Waals surface area contributed by atoms with Crippen molar-refractivity contribution in [1.29, 1.82) is 5.26 Å². The summed E-state index contributed by atoms with van der Waals surface area (Å²) in [6, 6.07) is 12.5. The van der Waals surface area contributed by atoms with E-state index < -0.39 is 17.6 Å². The highest BCUT2D eigenvalue weighted by molar-refractivity contribution is 5.86. The lowest BCUT2D eigenvalue weighted by molar-refractivity contribution is -0.135. The van der Waals surface area contributed by atoms with E-state index in [-0.39, 0.29) is 5.91 Å². The molecule has 1 aliphatic rings. The number of hydrogen-bond acceptors (Lipinski definition) is 7. The van der Waals surface area contributed by atoms with Crippen LogP contribution in [0.3, 0.4) is 0 Å². The van der Waals surface area contributed by atoms with Gasteiger partial charge in [-0.2, -0.15) is 10.2 Å². The zero-order valence-electron chi connectivity index (χ0n) is 22.7. The number of nitrogens with zero attached hydrogens (tertiary/aromatic N) is 4. The molecule has 1 atom stereocenters. The smallest absolute Gasteiger partial charge is 0.405 e. The van der Waals surface area contributed by atoms with Gasteiger partial charge in [-0.1, -0.05) is 45.0 Å². The molecule has 10 heteroatoms. The fourth-order valence-corrected chi connectivity index (χ4v) is 4.59. The number of carboxylic acid groups (broad SMARTS) is 1. The second-order valence-corrected chi connectivity index (χ2v) is 10.7. The maximum Gasteiger partial charge on any atom is 0.405 e. The summed E-state index contributed by atoms with van der Waals surface area (Å²) in [7, 11) is 0. The molecule has 4 rings (SSSR count). The van der Waals surface area contributed by atoms with Crippen LogP contribution < -0.4 is 10.1 Å². The van der Waals surface area contributed by atoms with Gasteiger partial charge < -0.3 is 24.6 Å². The highest BCUT2D eigenvalue weighted by atomic mass is 16.5. The van der Waals surface area contributed by atoms with Crippen LogP contribution in [0.25, 0.3) is 22.8 Å². The lowest BCUT2D eigenvalue weighted by Crippen LogP contribution is -2.54. The van der Waals surface area contributed by atoms with Crippen molar-refractivity contribution in [2.75, 3.05) is 19.7 Å². The molecule has 0 spiro atoms. The lowest BCUT2D eigenvalue weighted by Gasteiger charge is -2.33. The number of aromatic nitrogens is 2. The molecule has 204 valence electrons. The number of rotatable bonds is 7. The first-order valence-electron chi connectivity index (χ1n) is 13.0. The minimum atomic E-state index is -1.21. The van der Waals surface area contributed by atoms with Crippen LogP contribution in [0.2, 0.25) is 0 Å². The Hall–Kier alpha value is -4.39. The van der Waals surface area contributed by atoms with Crippen LogP contribution in [0, 0.1) is 16.7 Å². The van der Waals surface area contributed by atoms with Crippen molar-refractivity contribution >= 4 is 12.0 Å². The van der Waals surface area contributed by atoms with E-state index in [9.17, 15) is 20.0 Å². The number of carbonyl (C=O) groups is 2. The van der Waals surface area contributed by atoms with Crippen molar-refractivity contribution < 1.29 is 24.0 Å². The molecule has 2 amide bonds. The van der Waals surface area contributed by atoms with Crippen molar-refractivity contribution in [2.45, 2.75) is 53.0 Å². The third kappa shape index (κ3) is 6.37. The fourth-order valence-electron chi connectivity index (χ4n) is 4.59. The van der Waals surface area contributed by atoms with Gasteiger partial charge in [0, 0.05) is 24.2 Å². The number of fused-ring (bicyclic) bond motifs is 1. The molecule has 0 radical (unpaired) electrons. The van der Waals surface area contributed by atoms with Gasteiger partial charge in [0.2, 0.25) is 11.7 Å². The van der Waals surface area contributed by atoms with Gasteiger partial charge in [0.25, 0.3) is 5.89 Å². The summed E-state index contributed by atoms with van der Waals surface area (Å²) in [6.45, 7) is 9.05. The third-order valence-corrected chi connectivity index (χ3v) is 6.69. The number of carbonyl (C=O) groups excluding carboxylic acids is 1. The Kier molecular flexibility index (Phi) is 8.19. The van der Waals surface area contributed by atoms with E-state index in [0.717, 1.165) is 23.1 Å². The van der Waals surface area contributed by atoms with E-state index in [1.165, 1.54) is 0 Å². The predicted molar refractivity (Wildman–Crippen MR) is 144 cm³/mol. The monoisotopic (exact) mass is 531 g/mol. The standard InChI is InChI=1S/C29H33N5O5/c1-5-14-38-23-9-8-21(16-22(23)17-30)26-32-25(33-39-26)20-7-6-18-10-12-34(13-11-19(18)15-20)27(35)24(29(2,3)4)31-28(36)37/h6-9,15-16,24,31H,5,10-14H2,1-4H3,(H,36,37). The summed E-state index contributed by atoms with van der Waals surface area (Å²) in [5.74, 6) is 1.03. The molecule has 39 heavy (non-hydrogen) atoms. The number of nitriles is 1. The zero-order chi connectivity index (χ0) is 28.2. The molecule has 3 aromatic rings. The Bertz CT molecular complexity index is 1400. The maximum absolute atomic E-state index is 13.3. The summed E-state index contributed by atoms with van der Waals surface area (Å²) in [4.78, 5) is 30.9. The van der Waals surface area contributed by atoms with E-state index in [2.05, 4.69) is 21.5 Å². The summed E-state index contributed by atoms with van der Waals surface area (Å²) < 4.78 is 11.1. The van der Waals surface area contributed by atoms with E-state index in [1.807, 2.05) is 45.9 Å². The molecule has 1 aromatic heterocycles. The van der Waals surface area contributed by atoms with Crippen LogP contribution >= 0.6 is 0 Å². The first kappa shape index (κ1) is 27.6. The van der Waals surface area contributed by atoms with E-state index in [0.29, 0.717) is 61.1 Å². The van der Waals surface area contributed by atoms with Gasteiger partial charge in [-0.25, -0.2) is 4.79 Å². The molecule has 0 aliphatic carbocycles. The molecule has 10 nitrogen and oxygen atoms in total. The molecule has 2 heterocycles. The van der Waals surface area contributed by atoms with Crippen molar-refractivity contribution in [3.63, 3.8) is 0 Å². The molecule has 2 aromatic carbocycles. The lowest BCUT2D eigenvalue weighted by atomic mass is 9.86. The second kappa shape index (κ2) is 11.6. The van der Waals surface area contributed by atoms with Crippen LogP contribution in [-0.4, -0.2) is 57.9 Å². The summed E-state index contributed by atoms with van der Waals surface area (Å²) in [6.07, 6.45) is 0.907. The quantitative estimate of drug-likeness (QED) is 0.448. The minimum Gasteiger partial charge on any atom is -0.492 e. The van der Waals surface area contributed by atoms with Gasteiger partial charge in [0.15, 0.2) is 0 Å². The molecule has 2 N–H and O–H groups in total. The Morgan fingerprint density at radius 3 is 2.54 bits per heavy atom. The Labute approximate surface area is 227 Å². The van der Waals surface area contributed by atoms with Crippen LogP contribution in [-0.2, 0) is 17.6 Å². The molecule has 0 bridgehead atoms. The SMILES string of the molecule is CCCOc1ccc(-c2nc(-c3ccc4c(c3)CCN(C(=O)C(NC(=O)O)C(C)(C)C)CC4)no2)cc1C#N. The molecule has 1 aliphatic heterocycles. The van der Waals surface area contributed by atoms with Crippen LogP contribution in [0.1, 0.15) is 50.8 Å². The Morgan fingerprint density at radius 1 is 1.15 bits per heavy atom. The summed E-state index contributed by atoms with van der Waals surface area (Å²) in [5.41, 5.74) is 3.45. The highest BCUT2D eigenvalue weighted by Crippen LogP contribution is 2.29. The first-order valence-corrected chi connectivity index (χ1v) is 13.0. The first-order chi connectivity index (χ1) is 18.6. The number of ether oxygens (including phenoxy) is 1.